The molecule has 0 nitrogen and oxygen atoms in total. The van der Waals surface area contributed by atoms with Crippen LogP contribution in [0.25, 0.3) is 86.9 Å². The average Bonchev–Trinajstić information content (AvgIpc) is 3.15. The summed E-state index contributed by atoms with van der Waals surface area (Å²) >= 11 is 0. The van der Waals surface area contributed by atoms with E-state index in [0.717, 1.165) is 43.1 Å². The SMILES string of the molecule is [2H]c1c([2H])c([2H])c2c(-c3ccccc3)c3c(-c4cccc5c6ccccc6c6ccc7ccccc7c6c45)c([2H])c([2H])c([2H])c3c([2H])c2c1[2H]. The topological polar surface area (TPSA) is 0 Å². The molecule has 0 N–H and O–H groups in total. The number of fused-ring (bicyclic) bond motifs is 10. The van der Waals surface area contributed by atoms with Crippen molar-refractivity contribution in [2.75, 3.05) is 0 Å². The van der Waals surface area contributed by atoms with Crippen LogP contribution in [0.3, 0.4) is 0 Å². The highest BCUT2D eigenvalue weighted by Crippen LogP contribution is 2.47. The third kappa shape index (κ3) is 3.30. The second kappa shape index (κ2) is 9.03. The number of benzene rings is 9. The van der Waals surface area contributed by atoms with Crippen LogP contribution in [0.1, 0.15) is 11.0 Å². The molecule has 42 heavy (non-hydrogen) atoms. The molecule has 0 aromatic heterocycles. The number of rotatable bonds is 2. The van der Waals surface area contributed by atoms with Gasteiger partial charge < -0.3 is 0 Å². The molecule has 9 aromatic rings. The van der Waals surface area contributed by atoms with Gasteiger partial charge in [0.05, 0.1) is 11.0 Å². The van der Waals surface area contributed by atoms with E-state index in [1.54, 1.807) is 0 Å². The zero-order chi connectivity index (χ0) is 34.6. The van der Waals surface area contributed by atoms with Gasteiger partial charge in [0.25, 0.3) is 0 Å². The van der Waals surface area contributed by atoms with Gasteiger partial charge in [0, 0.05) is 0 Å². The monoisotopic (exact) mass is 538 g/mol. The van der Waals surface area contributed by atoms with Gasteiger partial charge in [-0.3, -0.25) is 0 Å². The summed E-state index contributed by atoms with van der Waals surface area (Å²) in [6, 6.07) is 33.0. The van der Waals surface area contributed by atoms with E-state index in [1.165, 1.54) is 0 Å². The van der Waals surface area contributed by atoms with Crippen LogP contribution in [0.5, 0.6) is 0 Å². The van der Waals surface area contributed by atoms with Gasteiger partial charge in [0.15, 0.2) is 0 Å². The van der Waals surface area contributed by atoms with Crippen molar-refractivity contribution in [3.63, 3.8) is 0 Å². The van der Waals surface area contributed by atoms with Crippen molar-refractivity contribution in [1.29, 1.82) is 0 Å². The van der Waals surface area contributed by atoms with E-state index in [-0.39, 0.29) is 52.4 Å². The van der Waals surface area contributed by atoms with Crippen LogP contribution in [-0.4, -0.2) is 0 Å². The molecule has 0 aliphatic carbocycles. The van der Waals surface area contributed by atoms with Gasteiger partial charge in [-0.1, -0.05) is 151 Å². The van der Waals surface area contributed by atoms with Gasteiger partial charge in [-0.05, 0) is 92.9 Å². The fourth-order valence-electron chi connectivity index (χ4n) is 6.66. The minimum absolute atomic E-state index is 0.0145. The highest BCUT2D eigenvalue weighted by atomic mass is 14.2. The standard InChI is InChI=1S/C42H26/c1-2-13-28(14-3-1)39-32-18-7-5-15-29(32)26-30-16-10-21-36(40(30)39)37-23-11-22-35-33-19-8-9-20-34(33)38-25-24-27-12-4-6-17-31(27)41(38)42(35)37/h1-26H/i5D,7D,10D,15D,16D,18D,21D,26D. The summed E-state index contributed by atoms with van der Waals surface area (Å²) in [5.74, 6) is 0. The van der Waals surface area contributed by atoms with Gasteiger partial charge in [0.2, 0.25) is 0 Å². The van der Waals surface area contributed by atoms with Crippen LogP contribution >= 0.6 is 0 Å². The smallest absolute Gasteiger partial charge is 0.0622 e. The Morgan fingerprint density at radius 2 is 1.05 bits per heavy atom. The fourth-order valence-corrected chi connectivity index (χ4v) is 6.66. The second-order valence-electron chi connectivity index (χ2n) is 10.6. The second-order valence-corrected chi connectivity index (χ2v) is 10.6. The molecule has 0 amide bonds. The molecular weight excluding hydrogens is 504 g/mol. The number of hydrogen-bond acceptors (Lipinski definition) is 0. The van der Waals surface area contributed by atoms with Crippen molar-refractivity contribution in [3.8, 4) is 22.3 Å². The minimum Gasteiger partial charge on any atom is -0.0622 e. The average molecular weight is 539 g/mol. The molecule has 0 heteroatoms. The molecule has 0 saturated carbocycles. The van der Waals surface area contributed by atoms with E-state index in [0.29, 0.717) is 27.6 Å². The van der Waals surface area contributed by atoms with Crippen LogP contribution in [-0.2, 0) is 0 Å². The molecule has 0 heterocycles. The van der Waals surface area contributed by atoms with E-state index in [2.05, 4.69) is 42.5 Å². The van der Waals surface area contributed by atoms with Gasteiger partial charge in [-0.15, -0.1) is 0 Å². The molecule has 9 rings (SSSR count). The third-order valence-electron chi connectivity index (χ3n) is 8.40. The Hall–Kier alpha value is -5.46. The first kappa shape index (κ1) is 16.7. The van der Waals surface area contributed by atoms with Gasteiger partial charge in [-0.25, -0.2) is 0 Å². The Bertz CT molecular complexity index is 2950. The molecular formula is C42H26. The third-order valence-corrected chi connectivity index (χ3v) is 8.40. The van der Waals surface area contributed by atoms with Gasteiger partial charge >= 0.3 is 0 Å². The lowest BCUT2D eigenvalue weighted by Crippen LogP contribution is -1.92. The molecule has 0 aliphatic rings. The maximum Gasteiger partial charge on any atom is 0.0636 e. The molecule has 0 aliphatic heterocycles. The van der Waals surface area contributed by atoms with Crippen molar-refractivity contribution in [2.24, 2.45) is 0 Å². The highest BCUT2D eigenvalue weighted by molar-refractivity contribution is 6.35. The molecule has 194 valence electrons. The lowest BCUT2D eigenvalue weighted by Gasteiger charge is -2.19. The zero-order valence-electron chi connectivity index (χ0n) is 30.4. The van der Waals surface area contributed by atoms with Crippen LogP contribution < -0.4 is 0 Å². The lowest BCUT2D eigenvalue weighted by molar-refractivity contribution is 1.66. The lowest BCUT2D eigenvalue weighted by atomic mass is 9.84. The predicted molar refractivity (Wildman–Crippen MR) is 182 cm³/mol. The van der Waals surface area contributed by atoms with Gasteiger partial charge in [-0.2, -0.15) is 0 Å². The Morgan fingerprint density at radius 3 is 1.90 bits per heavy atom. The molecule has 0 spiro atoms. The summed E-state index contributed by atoms with van der Waals surface area (Å²) in [6.45, 7) is 0. The van der Waals surface area contributed by atoms with Crippen LogP contribution in [0.15, 0.2) is 158 Å². The van der Waals surface area contributed by atoms with Crippen molar-refractivity contribution in [2.45, 2.75) is 0 Å². The fraction of sp³-hybridized carbons (Fsp3) is 0. The van der Waals surface area contributed by atoms with Gasteiger partial charge in [0.1, 0.15) is 0 Å². The van der Waals surface area contributed by atoms with E-state index in [9.17, 15) is 4.11 Å². The Morgan fingerprint density at radius 1 is 0.357 bits per heavy atom. The summed E-state index contributed by atoms with van der Waals surface area (Å²) in [5, 5.41) is 8.56. The molecule has 0 saturated heterocycles. The summed E-state index contributed by atoms with van der Waals surface area (Å²) in [4.78, 5) is 0. The summed E-state index contributed by atoms with van der Waals surface area (Å²) in [7, 11) is 0. The normalized spacial score (nSPS) is 14.5. The predicted octanol–water partition coefficient (Wildman–Crippen LogP) is 11.9. The van der Waals surface area contributed by atoms with E-state index in [1.807, 2.05) is 66.7 Å². The highest BCUT2D eigenvalue weighted by Gasteiger charge is 2.19. The number of hydrogen-bond donors (Lipinski definition) is 0. The summed E-state index contributed by atoms with van der Waals surface area (Å²) < 4.78 is 72.4. The summed E-state index contributed by atoms with van der Waals surface area (Å²) in [6.07, 6.45) is 0. The minimum atomic E-state index is -0.469. The molecule has 0 unspecified atom stereocenters. The maximum absolute atomic E-state index is 9.56. The largest absolute Gasteiger partial charge is 0.0636 e. The zero-order valence-corrected chi connectivity index (χ0v) is 22.4. The summed E-state index contributed by atoms with van der Waals surface area (Å²) in [5.41, 5.74) is 2.02. The van der Waals surface area contributed by atoms with Crippen molar-refractivity contribution < 1.29 is 11.0 Å². The van der Waals surface area contributed by atoms with Crippen molar-refractivity contribution >= 4 is 64.6 Å². The first-order valence-electron chi connectivity index (χ1n) is 18.0. The van der Waals surface area contributed by atoms with E-state index < -0.39 is 12.1 Å². The first-order chi connectivity index (χ1) is 24.2. The van der Waals surface area contributed by atoms with Crippen LogP contribution in [0.2, 0.25) is 0 Å². The Balaban J connectivity index is 1.64. The van der Waals surface area contributed by atoms with E-state index in [4.69, 9.17) is 6.85 Å². The molecule has 0 atom stereocenters. The van der Waals surface area contributed by atoms with Crippen molar-refractivity contribution in [3.05, 3.63) is 158 Å². The Kier molecular flexibility index (Phi) is 3.59. The maximum atomic E-state index is 9.56. The molecule has 0 bridgehead atoms. The molecule has 9 aromatic carbocycles. The van der Waals surface area contributed by atoms with E-state index >= 15 is 0 Å². The van der Waals surface area contributed by atoms with Crippen LogP contribution in [0.4, 0.5) is 0 Å². The van der Waals surface area contributed by atoms with Crippen LogP contribution in [0, 0.1) is 0 Å². The first-order valence-corrected chi connectivity index (χ1v) is 14.0. The molecule has 0 fully saturated rings. The Labute approximate surface area is 255 Å². The van der Waals surface area contributed by atoms with Crippen molar-refractivity contribution in [1.82, 2.24) is 0 Å². The molecule has 0 radical (unpaired) electrons. The quantitative estimate of drug-likeness (QED) is 0.152.